The van der Waals surface area contributed by atoms with Crippen LogP contribution in [0.2, 0.25) is 0 Å². The first kappa shape index (κ1) is 13.6. The van der Waals surface area contributed by atoms with Gasteiger partial charge in [0.2, 0.25) is 5.91 Å². The standard InChI is InChI=1S/C17H16FNO2/c18-14-6-2-4-8-16(14)21-12-10-17(20)19-11-9-13-5-1-3-7-15(13)19/h1-8H,9-12H2. The maximum absolute atomic E-state index is 13.4. The van der Waals surface area contributed by atoms with E-state index in [4.69, 9.17) is 4.74 Å². The molecule has 0 radical (unpaired) electrons. The molecule has 0 N–H and O–H groups in total. The summed E-state index contributed by atoms with van der Waals surface area (Å²) in [7, 11) is 0. The molecule has 3 rings (SSSR count). The average Bonchev–Trinajstić information content (AvgIpc) is 2.93. The van der Waals surface area contributed by atoms with Crippen LogP contribution in [-0.4, -0.2) is 19.1 Å². The molecule has 1 amide bonds. The molecular weight excluding hydrogens is 269 g/mol. The zero-order valence-electron chi connectivity index (χ0n) is 11.6. The number of benzene rings is 2. The molecular formula is C17H16FNO2. The Kier molecular flexibility index (Phi) is 3.86. The summed E-state index contributed by atoms with van der Waals surface area (Å²) >= 11 is 0. The zero-order valence-corrected chi connectivity index (χ0v) is 11.6. The van der Waals surface area contributed by atoms with Gasteiger partial charge in [-0.05, 0) is 30.2 Å². The van der Waals surface area contributed by atoms with Gasteiger partial charge >= 0.3 is 0 Å². The van der Waals surface area contributed by atoms with Gasteiger partial charge in [-0.2, -0.15) is 0 Å². The first-order valence-electron chi connectivity index (χ1n) is 7.01. The molecule has 0 spiro atoms. The van der Waals surface area contributed by atoms with E-state index >= 15 is 0 Å². The van der Waals surface area contributed by atoms with Gasteiger partial charge in [0.05, 0.1) is 13.0 Å². The molecule has 1 aliphatic rings. The van der Waals surface area contributed by atoms with E-state index in [-0.39, 0.29) is 24.7 Å². The fourth-order valence-corrected chi connectivity index (χ4v) is 2.54. The Labute approximate surface area is 123 Å². The molecule has 1 aliphatic heterocycles. The van der Waals surface area contributed by atoms with Crippen LogP contribution in [0.15, 0.2) is 48.5 Å². The van der Waals surface area contributed by atoms with Crippen LogP contribution in [0.3, 0.4) is 0 Å². The van der Waals surface area contributed by atoms with Gasteiger partial charge in [-0.15, -0.1) is 0 Å². The lowest BCUT2D eigenvalue weighted by molar-refractivity contribution is -0.119. The largest absolute Gasteiger partial charge is 0.490 e. The molecule has 0 bridgehead atoms. The Bertz CT molecular complexity index is 657. The Morgan fingerprint density at radius 3 is 2.76 bits per heavy atom. The Morgan fingerprint density at radius 1 is 1.14 bits per heavy atom. The van der Waals surface area contributed by atoms with Crippen molar-refractivity contribution in [3.63, 3.8) is 0 Å². The Balaban J connectivity index is 1.57. The number of para-hydroxylation sites is 2. The first-order valence-corrected chi connectivity index (χ1v) is 7.01. The minimum absolute atomic E-state index is 0.0105. The monoisotopic (exact) mass is 285 g/mol. The van der Waals surface area contributed by atoms with Crippen LogP contribution in [0.1, 0.15) is 12.0 Å². The van der Waals surface area contributed by atoms with Gasteiger partial charge in [-0.1, -0.05) is 30.3 Å². The fraction of sp³-hybridized carbons (Fsp3) is 0.235. The summed E-state index contributed by atoms with van der Waals surface area (Å²) in [4.78, 5) is 14.0. The molecule has 0 aromatic heterocycles. The smallest absolute Gasteiger partial charge is 0.230 e. The number of fused-ring (bicyclic) bond motifs is 1. The van der Waals surface area contributed by atoms with E-state index in [1.54, 1.807) is 23.1 Å². The predicted molar refractivity (Wildman–Crippen MR) is 79.0 cm³/mol. The number of hydrogen-bond donors (Lipinski definition) is 0. The minimum atomic E-state index is -0.406. The molecule has 21 heavy (non-hydrogen) atoms. The number of amides is 1. The third-order valence-electron chi connectivity index (χ3n) is 3.60. The van der Waals surface area contributed by atoms with Crippen molar-refractivity contribution in [2.24, 2.45) is 0 Å². The lowest BCUT2D eigenvalue weighted by atomic mass is 10.2. The molecule has 2 aromatic carbocycles. The van der Waals surface area contributed by atoms with Crippen molar-refractivity contribution in [1.82, 2.24) is 0 Å². The summed E-state index contributed by atoms with van der Waals surface area (Å²) in [6, 6.07) is 14.1. The summed E-state index contributed by atoms with van der Waals surface area (Å²) in [5.41, 5.74) is 2.18. The highest BCUT2D eigenvalue weighted by molar-refractivity contribution is 5.95. The second-order valence-corrected chi connectivity index (χ2v) is 4.95. The van der Waals surface area contributed by atoms with Crippen LogP contribution in [0.5, 0.6) is 5.75 Å². The highest BCUT2D eigenvalue weighted by Gasteiger charge is 2.23. The highest BCUT2D eigenvalue weighted by atomic mass is 19.1. The van der Waals surface area contributed by atoms with Crippen LogP contribution < -0.4 is 9.64 Å². The van der Waals surface area contributed by atoms with E-state index in [1.165, 1.54) is 11.6 Å². The molecule has 0 saturated heterocycles. The molecule has 0 aliphatic carbocycles. The number of carbonyl (C=O) groups excluding carboxylic acids is 1. The van der Waals surface area contributed by atoms with Crippen LogP contribution in [0.4, 0.5) is 10.1 Å². The molecule has 4 heteroatoms. The van der Waals surface area contributed by atoms with Gasteiger partial charge in [0.25, 0.3) is 0 Å². The SMILES string of the molecule is O=C(CCOc1ccccc1F)N1CCc2ccccc21. The predicted octanol–water partition coefficient (Wildman–Crippen LogP) is 3.18. The molecule has 0 saturated carbocycles. The Morgan fingerprint density at radius 2 is 1.90 bits per heavy atom. The maximum Gasteiger partial charge on any atom is 0.230 e. The van der Waals surface area contributed by atoms with E-state index in [0.29, 0.717) is 6.54 Å². The van der Waals surface area contributed by atoms with Gasteiger partial charge in [0, 0.05) is 12.2 Å². The molecule has 1 heterocycles. The summed E-state index contributed by atoms with van der Waals surface area (Å²) in [5, 5.41) is 0. The number of carbonyl (C=O) groups is 1. The van der Waals surface area contributed by atoms with Gasteiger partial charge in [0.15, 0.2) is 11.6 Å². The number of nitrogens with zero attached hydrogens (tertiary/aromatic N) is 1. The summed E-state index contributed by atoms with van der Waals surface area (Å²) in [5.74, 6) is -0.208. The number of hydrogen-bond acceptors (Lipinski definition) is 2. The van der Waals surface area contributed by atoms with E-state index in [2.05, 4.69) is 0 Å². The first-order chi connectivity index (χ1) is 10.3. The molecule has 0 atom stereocenters. The van der Waals surface area contributed by atoms with Crippen molar-refractivity contribution in [2.75, 3.05) is 18.1 Å². The molecule has 108 valence electrons. The lowest BCUT2D eigenvalue weighted by Gasteiger charge is -2.17. The van der Waals surface area contributed by atoms with E-state index < -0.39 is 5.82 Å². The lowest BCUT2D eigenvalue weighted by Crippen LogP contribution is -2.30. The van der Waals surface area contributed by atoms with Crippen molar-refractivity contribution < 1.29 is 13.9 Å². The van der Waals surface area contributed by atoms with Crippen molar-refractivity contribution in [3.05, 3.63) is 59.9 Å². The summed E-state index contributed by atoms with van der Waals surface area (Å²) in [6.45, 7) is 0.885. The quantitative estimate of drug-likeness (QED) is 0.863. The van der Waals surface area contributed by atoms with Gasteiger partial charge in [-0.3, -0.25) is 4.79 Å². The number of anilines is 1. The molecule has 0 unspecified atom stereocenters. The molecule has 0 fully saturated rings. The third-order valence-corrected chi connectivity index (χ3v) is 3.60. The van der Waals surface area contributed by atoms with Crippen LogP contribution >= 0.6 is 0 Å². The molecule has 2 aromatic rings. The Hall–Kier alpha value is -2.36. The number of ether oxygens (including phenoxy) is 1. The van der Waals surface area contributed by atoms with E-state index in [1.807, 2.05) is 24.3 Å². The van der Waals surface area contributed by atoms with E-state index in [0.717, 1.165) is 12.1 Å². The van der Waals surface area contributed by atoms with Gasteiger partial charge in [0.1, 0.15) is 0 Å². The van der Waals surface area contributed by atoms with Crippen molar-refractivity contribution in [2.45, 2.75) is 12.8 Å². The van der Waals surface area contributed by atoms with Crippen LogP contribution in [0, 0.1) is 5.82 Å². The second kappa shape index (κ2) is 5.95. The second-order valence-electron chi connectivity index (χ2n) is 4.95. The van der Waals surface area contributed by atoms with Crippen molar-refractivity contribution in [1.29, 1.82) is 0 Å². The number of rotatable bonds is 4. The van der Waals surface area contributed by atoms with Gasteiger partial charge < -0.3 is 9.64 Å². The topological polar surface area (TPSA) is 29.5 Å². The summed E-state index contributed by atoms with van der Waals surface area (Å²) in [6.07, 6.45) is 1.12. The summed E-state index contributed by atoms with van der Waals surface area (Å²) < 4.78 is 18.7. The highest BCUT2D eigenvalue weighted by Crippen LogP contribution is 2.27. The third kappa shape index (κ3) is 2.89. The average molecular weight is 285 g/mol. The fourth-order valence-electron chi connectivity index (χ4n) is 2.54. The van der Waals surface area contributed by atoms with Crippen LogP contribution in [0.25, 0.3) is 0 Å². The van der Waals surface area contributed by atoms with Crippen molar-refractivity contribution in [3.8, 4) is 5.75 Å². The van der Waals surface area contributed by atoms with Gasteiger partial charge in [-0.25, -0.2) is 4.39 Å². The normalized spacial score (nSPS) is 13.1. The molecule has 3 nitrogen and oxygen atoms in total. The maximum atomic E-state index is 13.4. The minimum Gasteiger partial charge on any atom is -0.490 e. The van der Waals surface area contributed by atoms with Crippen LogP contribution in [-0.2, 0) is 11.2 Å². The number of halogens is 1. The zero-order chi connectivity index (χ0) is 14.7. The van der Waals surface area contributed by atoms with Crippen molar-refractivity contribution >= 4 is 11.6 Å². The van der Waals surface area contributed by atoms with E-state index in [9.17, 15) is 9.18 Å².